The quantitative estimate of drug-likeness (QED) is 0.191. The monoisotopic (exact) mass is 524 g/mol. The Morgan fingerprint density at radius 3 is 2.21 bits per heavy atom. The van der Waals surface area contributed by atoms with Gasteiger partial charge in [0.25, 0.3) is 0 Å². The standard InChI is InChI=1S/C22H23Cl3N6O3/c1-22(2,3)14-10-13(33-7-4-8-34-21-28-19(24)27-20(25)29-21)11-17(18(14)32)31-30-16-6-5-12(23)9-15(16)26/h5-6,9-11,32H,4,7-8,26H2,1-3H3. The smallest absolute Gasteiger partial charge is 0.322 e. The molecule has 3 N–H and O–H groups in total. The summed E-state index contributed by atoms with van der Waals surface area (Å²) >= 11 is 17.4. The Labute approximate surface area is 211 Å². The number of azo groups is 1. The molecule has 3 rings (SSSR count). The minimum absolute atomic E-state index is 0.0167. The van der Waals surface area contributed by atoms with Crippen molar-refractivity contribution in [2.75, 3.05) is 18.9 Å². The fraction of sp³-hybridized carbons (Fsp3) is 0.318. The van der Waals surface area contributed by atoms with Gasteiger partial charge >= 0.3 is 6.01 Å². The van der Waals surface area contributed by atoms with Crippen molar-refractivity contribution in [3.63, 3.8) is 0 Å². The molecule has 34 heavy (non-hydrogen) atoms. The highest BCUT2D eigenvalue weighted by atomic mass is 35.5. The Balaban J connectivity index is 1.72. The number of halogens is 3. The molecule has 0 aliphatic carbocycles. The fourth-order valence-corrected chi connectivity index (χ4v) is 3.36. The van der Waals surface area contributed by atoms with Crippen LogP contribution in [0.1, 0.15) is 32.8 Å². The maximum absolute atomic E-state index is 10.8. The number of aromatic nitrogens is 3. The lowest BCUT2D eigenvalue weighted by Gasteiger charge is -2.22. The lowest BCUT2D eigenvalue weighted by Crippen LogP contribution is -2.12. The van der Waals surface area contributed by atoms with Crippen LogP contribution in [-0.2, 0) is 5.41 Å². The van der Waals surface area contributed by atoms with Crippen LogP contribution in [0.4, 0.5) is 17.1 Å². The first kappa shape index (κ1) is 25.7. The molecule has 1 heterocycles. The van der Waals surface area contributed by atoms with Crippen molar-refractivity contribution in [1.29, 1.82) is 0 Å². The van der Waals surface area contributed by atoms with E-state index in [1.54, 1.807) is 30.3 Å². The summed E-state index contributed by atoms with van der Waals surface area (Å²) < 4.78 is 11.3. The van der Waals surface area contributed by atoms with Crippen molar-refractivity contribution in [3.05, 3.63) is 51.5 Å². The van der Waals surface area contributed by atoms with Crippen molar-refractivity contribution in [2.24, 2.45) is 10.2 Å². The molecule has 0 unspecified atom stereocenters. The van der Waals surface area contributed by atoms with Gasteiger partial charge in [0.1, 0.15) is 22.9 Å². The lowest BCUT2D eigenvalue weighted by atomic mass is 9.86. The molecule has 1 aromatic heterocycles. The number of phenolic OH excluding ortho intramolecular Hbond substituents is 1. The molecule has 0 aliphatic heterocycles. The second kappa shape index (κ2) is 11.0. The zero-order chi connectivity index (χ0) is 24.9. The first-order chi connectivity index (χ1) is 16.0. The number of nitrogen functional groups attached to an aromatic ring is 1. The number of nitrogens with zero attached hydrogens (tertiary/aromatic N) is 5. The van der Waals surface area contributed by atoms with Gasteiger partial charge in [0.2, 0.25) is 10.6 Å². The highest BCUT2D eigenvalue weighted by Crippen LogP contribution is 2.42. The Hall–Kier alpha value is -2.88. The Morgan fingerprint density at radius 1 is 0.912 bits per heavy atom. The Morgan fingerprint density at radius 2 is 1.56 bits per heavy atom. The van der Waals surface area contributed by atoms with Crippen LogP contribution in [0.3, 0.4) is 0 Å². The van der Waals surface area contributed by atoms with Gasteiger partial charge in [-0.15, -0.1) is 10.2 Å². The minimum atomic E-state index is -0.368. The van der Waals surface area contributed by atoms with E-state index in [1.165, 1.54) is 0 Å². The van der Waals surface area contributed by atoms with Crippen molar-refractivity contribution >= 4 is 51.9 Å². The number of hydrogen-bond acceptors (Lipinski definition) is 9. The fourth-order valence-electron chi connectivity index (χ4n) is 2.83. The minimum Gasteiger partial charge on any atom is -0.505 e. The first-order valence-corrected chi connectivity index (χ1v) is 11.3. The predicted molar refractivity (Wildman–Crippen MR) is 132 cm³/mol. The van der Waals surface area contributed by atoms with Gasteiger partial charge in [0, 0.05) is 23.1 Å². The highest BCUT2D eigenvalue weighted by molar-refractivity contribution is 6.31. The summed E-state index contributed by atoms with van der Waals surface area (Å²) in [5, 5.41) is 19.6. The van der Waals surface area contributed by atoms with E-state index in [0.717, 1.165) is 0 Å². The molecule has 2 aromatic carbocycles. The van der Waals surface area contributed by atoms with Gasteiger partial charge in [0.15, 0.2) is 0 Å². The Bertz CT molecular complexity index is 1180. The van der Waals surface area contributed by atoms with E-state index in [2.05, 4.69) is 25.2 Å². The molecular weight excluding hydrogens is 503 g/mol. The molecule has 0 amide bonds. The van der Waals surface area contributed by atoms with E-state index in [-0.39, 0.29) is 40.0 Å². The van der Waals surface area contributed by atoms with Gasteiger partial charge in [-0.25, -0.2) is 0 Å². The van der Waals surface area contributed by atoms with E-state index >= 15 is 0 Å². The number of rotatable bonds is 8. The molecule has 0 spiro atoms. The largest absolute Gasteiger partial charge is 0.505 e. The van der Waals surface area contributed by atoms with Crippen LogP contribution in [0.15, 0.2) is 40.6 Å². The third-order valence-electron chi connectivity index (χ3n) is 4.48. The van der Waals surface area contributed by atoms with E-state index in [1.807, 2.05) is 20.8 Å². The van der Waals surface area contributed by atoms with E-state index in [4.69, 9.17) is 50.0 Å². The number of phenols is 1. The van der Waals surface area contributed by atoms with Crippen LogP contribution in [0.2, 0.25) is 15.6 Å². The number of benzene rings is 2. The number of ether oxygens (including phenoxy) is 2. The number of aromatic hydroxyl groups is 1. The summed E-state index contributed by atoms with van der Waals surface area (Å²) in [7, 11) is 0. The van der Waals surface area contributed by atoms with Crippen LogP contribution < -0.4 is 15.2 Å². The first-order valence-electron chi connectivity index (χ1n) is 10.2. The van der Waals surface area contributed by atoms with Gasteiger partial charge < -0.3 is 20.3 Å². The average Bonchev–Trinajstić information content (AvgIpc) is 2.73. The number of anilines is 1. The van der Waals surface area contributed by atoms with Crippen LogP contribution in [-0.4, -0.2) is 33.3 Å². The molecule has 180 valence electrons. The number of hydrogen-bond donors (Lipinski definition) is 2. The summed E-state index contributed by atoms with van der Waals surface area (Å²) in [6.07, 6.45) is 0.519. The molecular formula is C22H23Cl3N6O3. The molecule has 3 aromatic rings. The highest BCUT2D eigenvalue weighted by Gasteiger charge is 2.22. The van der Waals surface area contributed by atoms with Crippen molar-refractivity contribution < 1.29 is 14.6 Å². The van der Waals surface area contributed by atoms with Gasteiger partial charge in [-0.3, -0.25) is 0 Å². The summed E-state index contributed by atoms with van der Waals surface area (Å²) in [5.74, 6) is 0.537. The molecule has 0 fully saturated rings. The van der Waals surface area contributed by atoms with Crippen molar-refractivity contribution in [3.8, 4) is 17.5 Å². The zero-order valence-electron chi connectivity index (χ0n) is 18.7. The number of nitrogens with two attached hydrogens (primary N) is 1. The molecule has 0 radical (unpaired) electrons. The summed E-state index contributed by atoms with van der Waals surface area (Å²) in [6, 6.07) is 8.30. The molecule has 0 saturated carbocycles. The molecule has 9 nitrogen and oxygen atoms in total. The van der Waals surface area contributed by atoms with E-state index in [0.29, 0.717) is 40.7 Å². The second-order valence-electron chi connectivity index (χ2n) is 8.20. The van der Waals surface area contributed by atoms with Crippen LogP contribution >= 0.6 is 34.8 Å². The summed E-state index contributed by atoms with van der Waals surface area (Å²) in [5.41, 5.74) is 7.30. The van der Waals surface area contributed by atoms with Crippen LogP contribution in [0, 0.1) is 0 Å². The lowest BCUT2D eigenvalue weighted by molar-refractivity contribution is 0.235. The maximum Gasteiger partial charge on any atom is 0.322 e. The third-order valence-corrected chi connectivity index (χ3v) is 5.05. The van der Waals surface area contributed by atoms with Crippen molar-refractivity contribution in [2.45, 2.75) is 32.6 Å². The van der Waals surface area contributed by atoms with Gasteiger partial charge in [-0.1, -0.05) is 32.4 Å². The predicted octanol–water partition coefficient (Wildman–Crippen LogP) is 6.68. The maximum atomic E-state index is 10.8. The van der Waals surface area contributed by atoms with E-state index in [9.17, 15) is 5.11 Å². The zero-order valence-corrected chi connectivity index (χ0v) is 21.0. The summed E-state index contributed by atoms with van der Waals surface area (Å²) in [4.78, 5) is 11.3. The van der Waals surface area contributed by atoms with Crippen LogP contribution in [0.5, 0.6) is 17.5 Å². The third kappa shape index (κ3) is 7.06. The van der Waals surface area contributed by atoms with Gasteiger partial charge in [-0.05, 0) is 52.9 Å². The normalized spacial score (nSPS) is 11.7. The molecule has 0 bridgehead atoms. The molecule has 0 atom stereocenters. The average molecular weight is 526 g/mol. The second-order valence-corrected chi connectivity index (χ2v) is 9.31. The van der Waals surface area contributed by atoms with E-state index < -0.39 is 0 Å². The van der Waals surface area contributed by atoms with Crippen LogP contribution in [0.25, 0.3) is 0 Å². The van der Waals surface area contributed by atoms with Gasteiger partial charge in [0.05, 0.1) is 18.9 Å². The summed E-state index contributed by atoms with van der Waals surface area (Å²) in [6.45, 7) is 6.51. The SMILES string of the molecule is CC(C)(C)c1cc(OCCCOc2nc(Cl)nc(Cl)n2)cc(N=Nc2ccc(Cl)cc2N)c1O. The molecule has 0 aliphatic rings. The topological polar surface area (TPSA) is 128 Å². The Kier molecular flexibility index (Phi) is 8.35. The molecule has 0 saturated heterocycles. The molecule has 12 heteroatoms. The van der Waals surface area contributed by atoms with Crippen molar-refractivity contribution in [1.82, 2.24) is 15.0 Å². The van der Waals surface area contributed by atoms with Gasteiger partial charge in [-0.2, -0.15) is 15.0 Å².